The molecule has 0 saturated carbocycles. The molecule has 2 aromatic rings. The summed E-state index contributed by atoms with van der Waals surface area (Å²) >= 11 is 0. The van der Waals surface area contributed by atoms with E-state index < -0.39 is 0 Å². The molecule has 0 aromatic heterocycles. The summed E-state index contributed by atoms with van der Waals surface area (Å²) in [4.78, 5) is 23.0. The number of methoxy groups -OCH3 is 1. The minimum Gasteiger partial charge on any atom is -0.497 e. The molecule has 1 amide bonds. The van der Waals surface area contributed by atoms with Crippen molar-refractivity contribution in [2.24, 2.45) is 0 Å². The molecule has 34 heavy (non-hydrogen) atoms. The van der Waals surface area contributed by atoms with Crippen molar-refractivity contribution in [2.75, 3.05) is 38.3 Å². The summed E-state index contributed by atoms with van der Waals surface area (Å²) in [5, 5.41) is 0. The van der Waals surface area contributed by atoms with Crippen molar-refractivity contribution < 1.29 is 14.4 Å². The van der Waals surface area contributed by atoms with Gasteiger partial charge in [0.2, 0.25) is 0 Å². The van der Waals surface area contributed by atoms with Crippen LogP contribution in [-0.4, -0.2) is 44.2 Å². The van der Waals surface area contributed by atoms with Crippen LogP contribution in [0.15, 0.2) is 78.5 Å². The molecule has 1 heterocycles. The van der Waals surface area contributed by atoms with Gasteiger partial charge in [-0.1, -0.05) is 57.2 Å². The predicted octanol–water partition coefficient (Wildman–Crippen LogP) is 5.26. The van der Waals surface area contributed by atoms with E-state index in [1.807, 2.05) is 54.6 Å². The van der Waals surface area contributed by atoms with Gasteiger partial charge in [0.1, 0.15) is 5.75 Å². The summed E-state index contributed by atoms with van der Waals surface area (Å²) in [5.74, 6) is 0.711. The van der Waals surface area contributed by atoms with Crippen LogP contribution in [0.1, 0.15) is 44.7 Å². The van der Waals surface area contributed by atoms with E-state index in [9.17, 15) is 4.79 Å². The number of β-lactam (4-membered cyclic amide) rings is 1. The maximum atomic E-state index is 13.1. The fraction of sp³-hybridized carbons (Fsp3) is 0.393. The standard InChI is InChI=1S/C28H37N3O3/c1-5-7-18-30(6-2)19-11-20-34-29-22(3)21-26-27(23-12-9-8-10-13-23)31(28(26)32)24-14-16-25(33-4)17-15-24/h8-10,12-17,21,27,29H,3,5-7,11,18-20H2,1-2,4H3. The number of hydrogen-bond donors (Lipinski definition) is 1. The van der Waals surface area contributed by atoms with Gasteiger partial charge in [-0.25, -0.2) is 0 Å². The fourth-order valence-corrected chi connectivity index (χ4v) is 4.09. The highest BCUT2D eigenvalue weighted by Crippen LogP contribution is 2.43. The lowest BCUT2D eigenvalue weighted by Crippen LogP contribution is -2.49. The fourth-order valence-electron chi connectivity index (χ4n) is 4.09. The zero-order valence-corrected chi connectivity index (χ0v) is 20.6. The number of amides is 1. The van der Waals surface area contributed by atoms with Crippen LogP contribution in [0.3, 0.4) is 0 Å². The molecule has 1 saturated heterocycles. The molecular weight excluding hydrogens is 426 g/mol. The number of nitrogens with zero attached hydrogens (tertiary/aromatic N) is 2. The van der Waals surface area contributed by atoms with Crippen molar-refractivity contribution in [3.05, 3.63) is 84.1 Å². The van der Waals surface area contributed by atoms with Gasteiger partial charge in [0.25, 0.3) is 5.91 Å². The summed E-state index contributed by atoms with van der Waals surface area (Å²) < 4.78 is 5.25. The Balaban J connectivity index is 1.61. The minimum atomic E-state index is -0.183. The van der Waals surface area contributed by atoms with Gasteiger partial charge in [0.15, 0.2) is 0 Å². The highest BCUT2D eigenvalue weighted by atomic mass is 16.6. The molecule has 1 aliphatic heterocycles. The second kappa shape index (κ2) is 13.0. The first-order chi connectivity index (χ1) is 16.6. The van der Waals surface area contributed by atoms with Gasteiger partial charge in [0, 0.05) is 17.8 Å². The van der Waals surface area contributed by atoms with Crippen LogP contribution >= 0.6 is 0 Å². The number of nitrogens with one attached hydrogen (secondary N) is 1. The second-order valence-electron chi connectivity index (χ2n) is 8.40. The Morgan fingerprint density at radius 2 is 1.79 bits per heavy atom. The van der Waals surface area contributed by atoms with Crippen molar-refractivity contribution in [1.29, 1.82) is 0 Å². The zero-order chi connectivity index (χ0) is 24.3. The third kappa shape index (κ3) is 6.49. The summed E-state index contributed by atoms with van der Waals surface area (Å²) in [6, 6.07) is 17.4. The monoisotopic (exact) mass is 463 g/mol. The number of benzene rings is 2. The molecular formula is C28H37N3O3. The molecule has 0 bridgehead atoms. The lowest BCUT2D eigenvalue weighted by atomic mass is 9.86. The maximum absolute atomic E-state index is 13.1. The summed E-state index contributed by atoms with van der Waals surface area (Å²) in [7, 11) is 1.63. The Morgan fingerprint density at radius 1 is 1.09 bits per heavy atom. The van der Waals surface area contributed by atoms with Gasteiger partial charge >= 0.3 is 0 Å². The Kier molecular flexibility index (Phi) is 9.74. The molecule has 0 aliphatic carbocycles. The number of allylic oxidation sites excluding steroid dienone is 1. The van der Waals surface area contributed by atoms with Gasteiger partial charge in [-0.15, -0.1) is 0 Å². The summed E-state index contributed by atoms with van der Waals surface area (Å²) in [5.41, 5.74) is 6.02. The molecule has 1 N–H and O–H groups in total. The van der Waals surface area contributed by atoms with Crippen molar-refractivity contribution in [1.82, 2.24) is 10.4 Å². The van der Waals surface area contributed by atoms with Crippen molar-refractivity contribution in [3.8, 4) is 5.75 Å². The predicted molar refractivity (Wildman–Crippen MR) is 138 cm³/mol. The van der Waals surface area contributed by atoms with Crippen molar-refractivity contribution >= 4 is 11.6 Å². The number of ether oxygens (including phenoxy) is 1. The van der Waals surface area contributed by atoms with Crippen LogP contribution < -0.4 is 15.1 Å². The van der Waals surface area contributed by atoms with E-state index in [-0.39, 0.29) is 11.9 Å². The molecule has 1 unspecified atom stereocenters. The Hall–Kier alpha value is -3.09. The number of unbranched alkanes of at least 4 members (excludes halogenated alkanes) is 1. The van der Waals surface area contributed by atoms with E-state index in [0.29, 0.717) is 17.9 Å². The van der Waals surface area contributed by atoms with E-state index in [2.05, 4.69) is 30.8 Å². The largest absolute Gasteiger partial charge is 0.497 e. The first-order valence-electron chi connectivity index (χ1n) is 12.1. The Labute approximate surface area is 203 Å². The molecule has 1 fully saturated rings. The van der Waals surface area contributed by atoms with Crippen LogP contribution in [0.5, 0.6) is 5.75 Å². The molecule has 2 aromatic carbocycles. The molecule has 3 rings (SSSR count). The van der Waals surface area contributed by atoms with Gasteiger partial charge < -0.3 is 9.64 Å². The second-order valence-corrected chi connectivity index (χ2v) is 8.40. The quantitative estimate of drug-likeness (QED) is 0.179. The van der Waals surface area contributed by atoms with E-state index in [1.165, 1.54) is 12.8 Å². The number of hydrogen-bond acceptors (Lipinski definition) is 5. The summed E-state index contributed by atoms with van der Waals surface area (Å²) in [6.45, 7) is 12.2. The van der Waals surface area contributed by atoms with E-state index >= 15 is 0 Å². The normalized spacial score (nSPS) is 16.6. The van der Waals surface area contributed by atoms with Crippen molar-refractivity contribution in [3.63, 3.8) is 0 Å². The van der Waals surface area contributed by atoms with Gasteiger partial charge in [-0.3, -0.25) is 20.0 Å². The van der Waals surface area contributed by atoms with Crippen LogP contribution in [0.4, 0.5) is 5.69 Å². The van der Waals surface area contributed by atoms with E-state index in [4.69, 9.17) is 9.57 Å². The molecule has 1 atom stereocenters. The maximum Gasteiger partial charge on any atom is 0.257 e. The molecule has 182 valence electrons. The SMILES string of the molecule is C=C(C=C1C(=O)N(c2ccc(OC)cc2)C1c1ccccc1)NOCCCN(CC)CCCC. The molecule has 1 aliphatic rings. The highest BCUT2D eigenvalue weighted by molar-refractivity contribution is 6.15. The Bertz CT molecular complexity index is 957. The van der Waals surface area contributed by atoms with Crippen LogP contribution in [0, 0.1) is 0 Å². The van der Waals surface area contributed by atoms with Gasteiger partial charge in [-0.2, -0.15) is 0 Å². The molecule has 6 nitrogen and oxygen atoms in total. The third-order valence-corrected chi connectivity index (χ3v) is 6.01. The number of hydroxylamine groups is 1. The van der Waals surface area contributed by atoms with Crippen LogP contribution in [-0.2, 0) is 9.63 Å². The Morgan fingerprint density at radius 3 is 2.44 bits per heavy atom. The van der Waals surface area contributed by atoms with Gasteiger partial charge in [0.05, 0.1) is 25.5 Å². The number of carbonyl (C=O) groups excluding carboxylic acids is 1. The highest BCUT2D eigenvalue weighted by Gasteiger charge is 2.43. The molecule has 0 radical (unpaired) electrons. The lowest BCUT2D eigenvalue weighted by molar-refractivity contribution is -0.119. The topological polar surface area (TPSA) is 54.0 Å². The van der Waals surface area contributed by atoms with E-state index in [0.717, 1.165) is 43.1 Å². The number of carbonyl (C=O) groups is 1. The minimum absolute atomic E-state index is 0.0449. The van der Waals surface area contributed by atoms with Gasteiger partial charge in [-0.05, 0) is 61.8 Å². The van der Waals surface area contributed by atoms with Crippen LogP contribution in [0.25, 0.3) is 0 Å². The van der Waals surface area contributed by atoms with E-state index in [1.54, 1.807) is 18.1 Å². The molecule has 6 heteroatoms. The number of rotatable bonds is 14. The van der Waals surface area contributed by atoms with Crippen molar-refractivity contribution in [2.45, 2.75) is 39.2 Å². The lowest BCUT2D eigenvalue weighted by Gasteiger charge is -2.43. The smallest absolute Gasteiger partial charge is 0.257 e. The summed E-state index contributed by atoms with van der Waals surface area (Å²) in [6.07, 6.45) is 5.16. The molecule has 0 spiro atoms. The number of anilines is 1. The first-order valence-corrected chi connectivity index (χ1v) is 12.1. The average molecular weight is 464 g/mol. The average Bonchev–Trinajstić information content (AvgIpc) is 2.87. The first kappa shape index (κ1) is 25.5. The zero-order valence-electron chi connectivity index (χ0n) is 20.6. The third-order valence-electron chi connectivity index (χ3n) is 6.01. The van der Waals surface area contributed by atoms with Crippen LogP contribution in [0.2, 0.25) is 0 Å².